The van der Waals surface area contributed by atoms with Crippen LogP contribution in [0, 0.1) is 0 Å². The van der Waals surface area contributed by atoms with Crippen LogP contribution < -0.4 is 4.74 Å². The Hall–Kier alpha value is -1.57. The maximum absolute atomic E-state index is 12.0. The van der Waals surface area contributed by atoms with Crippen molar-refractivity contribution in [2.75, 3.05) is 7.11 Å². The van der Waals surface area contributed by atoms with Crippen molar-refractivity contribution in [1.29, 1.82) is 0 Å². The highest BCUT2D eigenvalue weighted by Gasteiger charge is 2.28. The summed E-state index contributed by atoms with van der Waals surface area (Å²) in [6.07, 6.45) is 1.36. The molecule has 0 spiro atoms. The van der Waals surface area contributed by atoms with E-state index in [1.807, 2.05) is 12.1 Å². The predicted octanol–water partition coefficient (Wildman–Crippen LogP) is 4.66. The van der Waals surface area contributed by atoms with Crippen LogP contribution in [-0.4, -0.2) is 12.9 Å². The number of benzene rings is 1. The fourth-order valence-corrected chi connectivity index (χ4v) is 2.22. The summed E-state index contributed by atoms with van der Waals surface area (Å²) in [7, 11) is 1.69. The Kier molecular flexibility index (Phi) is 4.48. The van der Waals surface area contributed by atoms with E-state index < -0.39 is 0 Å². The molecule has 0 heterocycles. The SMILES string of the molecule is C=CC(=O)c1cc(C(C)(C)C)c(OC)c(C(C)(C)C)c1. The second-order valence-corrected chi connectivity index (χ2v) is 7.17. The van der Waals surface area contributed by atoms with Crippen molar-refractivity contribution in [3.8, 4) is 5.75 Å². The molecule has 0 saturated carbocycles. The van der Waals surface area contributed by atoms with Crippen molar-refractivity contribution in [3.05, 3.63) is 41.5 Å². The molecule has 1 aromatic rings. The van der Waals surface area contributed by atoms with Crippen LogP contribution in [-0.2, 0) is 10.8 Å². The van der Waals surface area contributed by atoms with Gasteiger partial charge in [-0.25, -0.2) is 0 Å². The van der Waals surface area contributed by atoms with Crippen LogP contribution in [0.4, 0.5) is 0 Å². The Morgan fingerprint density at radius 1 is 1.05 bits per heavy atom. The first kappa shape index (κ1) is 16.5. The Morgan fingerprint density at radius 3 is 1.70 bits per heavy atom. The second kappa shape index (κ2) is 5.43. The van der Waals surface area contributed by atoms with Gasteiger partial charge in [-0.2, -0.15) is 0 Å². The summed E-state index contributed by atoms with van der Waals surface area (Å²) in [4.78, 5) is 12.0. The van der Waals surface area contributed by atoms with Gasteiger partial charge < -0.3 is 4.74 Å². The van der Waals surface area contributed by atoms with E-state index in [0.29, 0.717) is 5.56 Å². The third-order valence-electron chi connectivity index (χ3n) is 3.38. The molecule has 2 heteroatoms. The molecular weight excluding hydrogens is 248 g/mol. The summed E-state index contributed by atoms with van der Waals surface area (Å²) in [5, 5.41) is 0. The normalized spacial score (nSPS) is 12.2. The zero-order chi connectivity index (χ0) is 15.7. The zero-order valence-corrected chi connectivity index (χ0v) is 13.8. The van der Waals surface area contributed by atoms with Gasteiger partial charge in [0.1, 0.15) is 5.75 Å². The first-order chi connectivity index (χ1) is 9.02. The number of allylic oxidation sites excluding steroid dienone is 1. The summed E-state index contributed by atoms with van der Waals surface area (Å²) >= 11 is 0. The average molecular weight is 274 g/mol. The maximum atomic E-state index is 12.0. The third kappa shape index (κ3) is 3.30. The molecule has 0 saturated heterocycles. The molecule has 0 aliphatic rings. The number of carbonyl (C=O) groups excluding carboxylic acids is 1. The summed E-state index contributed by atoms with van der Waals surface area (Å²) in [6.45, 7) is 16.3. The molecule has 0 bridgehead atoms. The highest BCUT2D eigenvalue weighted by Crippen LogP contribution is 2.40. The van der Waals surface area contributed by atoms with Crippen LogP contribution in [0.15, 0.2) is 24.8 Å². The Bertz CT molecular complexity index is 490. The van der Waals surface area contributed by atoms with Crippen molar-refractivity contribution in [3.63, 3.8) is 0 Å². The number of hydrogen-bond donors (Lipinski definition) is 0. The number of carbonyl (C=O) groups is 1. The Balaban J connectivity index is 3.74. The average Bonchev–Trinajstić information content (AvgIpc) is 2.33. The number of hydrogen-bond acceptors (Lipinski definition) is 2. The van der Waals surface area contributed by atoms with Crippen molar-refractivity contribution >= 4 is 5.78 Å². The van der Waals surface area contributed by atoms with Gasteiger partial charge in [0, 0.05) is 16.7 Å². The van der Waals surface area contributed by atoms with Crippen LogP contribution >= 0.6 is 0 Å². The van der Waals surface area contributed by atoms with Gasteiger partial charge in [0.05, 0.1) is 7.11 Å². The van der Waals surface area contributed by atoms with Gasteiger partial charge in [0.25, 0.3) is 0 Å². The summed E-state index contributed by atoms with van der Waals surface area (Å²) in [5.74, 6) is 0.828. The molecule has 0 atom stereocenters. The van der Waals surface area contributed by atoms with Crippen LogP contribution in [0.1, 0.15) is 63.0 Å². The van der Waals surface area contributed by atoms with Gasteiger partial charge in [-0.1, -0.05) is 48.1 Å². The lowest BCUT2D eigenvalue weighted by atomic mass is 9.78. The van der Waals surface area contributed by atoms with Crippen molar-refractivity contribution in [2.24, 2.45) is 0 Å². The van der Waals surface area contributed by atoms with E-state index in [1.165, 1.54) is 6.08 Å². The summed E-state index contributed by atoms with van der Waals surface area (Å²) < 4.78 is 5.66. The lowest BCUT2D eigenvalue weighted by Gasteiger charge is -2.29. The molecular formula is C18H26O2. The molecule has 0 fully saturated rings. The van der Waals surface area contributed by atoms with Gasteiger partial charge in [0.2, 0.25) is 0 Å². The van der Waals surface area contributed by atoms with Crippen molar-refractivity contribution in [2.45, 2.75) is 52.4 Å². The zero-order valence-electron chi connectivity index (χ0n) is 13.8. The summed E-state index contributed by atoms with van der Waals surface area (Å²) in [6, 6.07) is 3.86. The molecule has 0 unspecified atom stereocenters. The van der Waals surface area contributed by atoms with E-state index in [2.05, 4.69) is 48.1 Å². The molecule has 110 valence electrons. The number of ketones is 1. The van der Waals surface area contributed by atoms with Gasteiger partial charge in [-0.3, -0.25) is 4.79 Å². The number of ether oxygens (including phenoxy) is 1. The van der Waals surface area contributed by atoms with E-state index in [1.54, 1.807) is 7.11 Å². The number of rotatable bonds is 3. The largest absolute Gasteiger partial charge is 0.496 e. The molecule has 0 aliphatic heterocycles. The summed E-state index contributed by atoms with van der Waals surface area (Å²) in [5.41, 5.74) is 2.59. The molecule has 20 heavy (non-hydrogen) atoms. The van der Waals surface area contributed by atoms with Gasteiger partial charge in [-0.05, 0) is 29.0 Å². The molecule has 1 rings (SSSR count). The molecule has 0 aliphatic carbocycles. The van der Waals surface area contributed by atoms with Crippen LogP contribution in [0.2, 0.25) is 0 Å². The lowest BCUT2D eigenvalue weighted by molar-refractivity contribution is 0.104. The van der Waals surface area contributed by atoms with E-state index in [0.717, 1.165) is 16.9 Å². The van der Waals surface area contributed by atoms with Gasteiger partial charge in [0.15, 0.2) is 5.78 Å². The third-order valence-corrected chi connectivity index (χ3v) is 3.38. The molecule has 0 aromatic heterocycles. The van der Waals surface area contributed by atoms with Crippen LogP contribution in [0.5, 0.6) is 5.75 Å². The fraction of sp³-hybridized carbons (Fsp3) is 0.500. The highest BCUT2D eigenvalue weighted by molar-refractivity contribution is 6.04. The topological polar surface area (TPSA) is 26.3 Å². The fourth-order valence-electron chi connectivity index (χ4n) is 2.22. The minimum absolute atomic E-state index is 0.0522. The van der Waals surface area contributed by atoms with Crippen molar-refractivity contribution < 1.29 is 9.53 Å². The maximum Gasteiger partial charge on any atom is 0.185 e. The van der Waals surface area contributed by atoms with E-state index in [-0.39, 0.29) is 16.6 Å². The van der Waals surface area contributed by atoms with Gasteiger partial charge in [-0.15, -0.1) is 0 Å². The highest BCUT2D eigenvalue weighted by atomic mass is 16.5. The second-order valence-electron chi connectivity index (χ2n) is 7.17. The van der Waals surface area contributed by atoms with E-state index in [4.69, 9.17) is 4.74 Å². The quantitative estimate of drug-likeness (QED) is 0.592. The molecule has 0 amide bonds. The minimum atomic E-state index is -0.0944. The molecule has 0 N–H and O–H groups in total. The lowest BCUT2D eigenvalue weighted by Crippen LogP contribution is -2.20. The molecule has 1 aromatic carbocycles. The number of methoxy groups -OCH3 is 1. The Morgan fingerprint density at radius 2 is 1.45 bits per heavy atom. The van der Waals surface area contributed by atoms with Gasteiger partial charge >= 0.3 is 0 Å². The predicted molar refractivity (Wildman–Crippen MR) is 84.9 cm³/mol. The van der Waals surface area contributed by atoms with E-state index >= 15 is 0 Å². The Labute approximate surface area is 122 Å². The van der Waals surface area contributed by atoms with Crippen LogP contribution in [0.25, 0.3) is 0 Å². The first-order valence-electron chi connectivity index (χ1n) is 6.92. The van der Waals surface area contributed by atoms with Crippen molar-refractivity contribution in [1.82, 2.24) is 0 Å². The van der Waals surface area contributed by atoms with Crippen LogP contribution in [0.3, 0.4) is 0 Å². The molecule has 0 radical (unpaired) electrons. The monoisotopic (exact) mass is 274 g/mol. The molecule has 2 nitrogen and oxygen atoms in total. The standard InChI is InChI=1S/C18H26O2/c1-9-15(19)12-10-13(17(2,3)4)16(20-8)14(11-12)18(5,6)7/h9-11H,1H2,2-8H3. The van der Waals surface area contributed by atoms with E-state index in [9.17, 15) is 4.79 Å². The minimum Gasteiger partial charge on any atom is -0.496 e. The smallest absolute Gasteiger partial charge is 0.185 e. The first-order valence-corrected chi connectivity index (χ1v) is 6.92.